The van der Waals surface area contributed by atoms with Crippen LogP contribution in [0.3, 0.4) is 0 Å². The number of carbonyl (C=O) groups excluding carboxylic acids is 2. The first kappa shape index (κ1) is 17.7. The summed E-state index contributed by atoms with van der Waals surface area (Å²) in [6.07, 6.45) is 0.857. The van der Waals surface area contributed by atoms with Crippen LogP contribution in [0.25, 0.3) is 0 Å². The molecule has 21 heavy (non-hydrogen) atoms. The Bertz CT molecular complexity index is 517. The number of hydrogen-bond donors (Lipinski definition) is 1. The monoisotopic (exact) mass is 330 g/mol. The molecule has 116 valence electrons. The number of rotatable bonds is 7. The van der Waals surface area contributed by atoms with Gasteiger partial charge in [0.05, 0.1) is 0 Å². The van der Waals surface area contributed by atoms with E-state index in [0.717, 1.165) is 0 Å². The molecule has 1 aromatic rings. The standard InChI is InChI=1S/C14H19ClN2O3S/c1-17(2)14(19)4-3-9-21(20)10-13(18)16-12-7-5-11(15)6-8-12/h5-8H,3-4,9-10H2,1-2H3,(H,16,18). The van der Waals surface area contributed by atoms with Crippen LogP contribution in [0.2, 0.25) is 5.02 Å². The molecule has 0 radical (unpaired) electrons. The zero-order valence-corrected chi connectivity index (χ0v) is 13.7. The Kier molecular flexibility index (Phi) is 7.39. The van der Waals surface area contributed by atoms with E-state index in [1.165, 1.54) is 4.90 Å². The third-order valence-corrected chi connectivity index (χ3v) is 4.26. The second-order valence-corrected chi connectivity index (χ2v) is 6.75. The Labute approximate surface area is 132 Å². The van der Waals surface area contributed by atoms with Gasteiger partial charge in [-0.1, -0.05) is 11.6 Å². The number of benzene rings is 1. The number of amides is 2. The Morgan fingerprint density at radius 2 is 1.86 bits per heavy atom. The molecule has 7 heteroatoms. The van der Waals surface area contributed by atoms with E-state index in [2.05, 4.69) is 5.32 Å². The second kappa shape index (κ2) is 8.79. The van der Waals surface area contributed by atoms with E-state index in [9.17, 15) is 13.8 Å². The van der Waals surface area contributed by atoms with Gasteiger partial charge >= 0.3 is 0 Å². The lowest BCUT2D eigenvalue weighted by molar-refractivity contribution is -0.128. The Balaban J connectivity index is 2.29. The van der Waals surface area contributed by atoms with Gasteiger partial charge in [-0.3, -0.25) is 13.8 Å². The minimum atomic E-state index is -1.27. The molecule has 1 atom stereocenters. The normalized spacial score (nSPS) is 11.8. The van der Waals surface area contributed by atoms with E-state index in [1.807, 2.05) is 0 Å². The van der Waals surface area contributed by atoms with Gasteiger partial charge < -0.3 is 10.2 Å². The van der Waals surface area contributed by atoms with Crippen LogP contribution < -0.4 is 5.32 Å². The smallest absolute Gasteiger partial charge is 0.236 e. The van der Waals surface area contributed by atoms with Crippen LogP contribution in [-0.4, -0.2) is 46.5 Å². The van der Waals surface area contributed by atoms with Gasteiger partial charge in [0.15, 0.2) is 0 Å². The highest BCUT2D eigenvalue weighted by atomic mass is 35.5. The largest absolute Gasteiger partial charge is 0.349 e. The zero-order chi connectivity index (χ0) is 15.8. The molecule has 1 N–H and O–H groups in total. The first-order valence-corrected chi connectivity index (χ1v) is 8.35. The van der Waals surface area contributed by atoms with E-state index < -0.39 is 10.8 Å². The molecule has 0 saturated carbocycles. The van der Waals surface area contributed by atoms with Gasteiger partial charge in [0.2, 0.25) is 11.8 Å². The van der Waals surface area contributed by atoms with Crippen LogP contribution in [0.4, 0.5) is 5.69 Å². The quantitative estimate of drug-likeness (QED) is 0.830. The topological polar surface area (TPSA) is 66.5 Å². The molecule has 2 amide bonds. The van der Waals surface area contributed by atoms with Gasteiger partial charge in [0.1, 0.15) is 5.75 Å². The first-order valence-electron chi connectivity index (χ1n) is 6.49. The van der Waals surface area contributed by atoms with E-state index in [-0.39, 0.29) is 17.6 Å². The SMILES string of the molecule is CN(C)C(=O)CCCS(=O)CC(=O)Nc1ccc(Cl)cc1. The van der Waals surface area contributed by atoms with Crippen molar-refractivity contribution >= 4 is 39.9 Å². The highest BCUT2D eigenvalue weighted by Crippen LogP contribution is 2.13. The molecule has 0 spiro atoms. The van der Waals surface area contributed by atoms with E-state index in [0.29, 0.717) is 29.3 Å². The Hall–Kier alpha value is -1.40. The molecule has 0 bridgehead atoms. The van der Waals surface area contributed by atoms with Crippen molar-refractivity contribution in [1.29, 1.82) is 0 Å². The zero-order valence-electron chi connectivity index (χ0n) is 12.1. The van der Waals surface area contributed by atoms with Crippen LogP contribution in [0.15, 0.2) is 24.3 Å². The number of carbonyl (C=O) groups is 2. The van der Waals surface area contributed by atoms with Crippen molar-refractivity contribution in [2.24, 2.45) is 0 Å². The molecule has 0 aliphatic carbocycles. The van der Waals surface area contributed by atoms with Crippen molar-refractivity contribution in [2.45, 2.75) is 12.8 Å². The van der Waals surface area contributed by atoms with E-state index in [4.69, 9.17) is 11.6 Å². The number of halogens is 1. The average Bonchev–Trinajstić information content (AvgIpc) is 2.41. The Morgan fingerprint density at radius 3 is 2.43 bits per heavy atom. The lowest BCUT2D eigenvalue weighted by Crippen LogP contribution is -2.23. The molecular formula is C14H19ClN2O3S. The predicted octanol–water partition coefficient (Wildman–Crippen LogP) is 1.90. The van der Waals surface area contributed by atoms with Crippen LogP contribution in [-0.2, 0) is 20.4 Å². The lowest BCUT2D eigenvalue weighted by atomic mass is 10.3. The maximum atomic E-state index is 11.8. The van der Waals surface area contributed by atoms with Gasteiger partial charge in [0.25, 0.3) is 0 Å². The Morgan fingerprint density at radius 1 is 1.24 bits per heavy atom. The summed E-state index contributed by atoms with van der Waals surface area (Å²) in [6, 6.07) is 6.69. The van der Waals surface area contributed by atoms with Gasteiger partial charge in [-0.15, -0.1) is 0 Å². The van der Waals surface area contributed by atoms with Gasteiger partial charge in [-0.25, -0.2) is 0 Å². The number of anilines is 1. The summed E-state index contributed by atoms with van der Waals surface area (Å²) in [5, 5.41) is 3.24. The maximum absolute atomic E-state index is 11.8. The highest BCUT2D eigenvalue weighted by molar-refractivity contribution is 7.85. The van der Waals surface area contributed by atoms with Crippen molar-refractivity contribution in [3.05, 3.63) is 29.3 Å². The molecule has 1 rings (SSSR count). The first-order chi connectivity index (χ1) is 9.88. The van der Waals surface area contributed by atoms with Gasteiger partial charge in [-0.05, 0) is 30.7 Å². The molecule has 0 fully saturated rings. The highest BCUT2D eigenvalue weighted by Gasteiger charge is 2.10. The second-order valence-electron chi connectivity index (χ2n) is 4.74. The van der Waals surface area contributed by atoms with Crippen molar-refractivity contribution in [1.82, 2.24) is 4.90 Å². The summed E-state index contributed by atoms with van der Waals surface area (Å²) < 4.78 is 11.8. The third-order valence-electron chi connectivity index (χ3n) is 2.68. The summed E-state index contributed by atoms with van der Waals surface area (Å²) in [7, 11) is 2.09. The summed E-state index contributed by atoms with van der Waals surface area (Å²) in [4.78, 5) is 24.5. The molecule has 0 saturated heterocycles. The van der Waals surface area contributed by atoms with Crippen LogP contribution in [0, 0.1) is 0 Å². The minimum Gasteiger partial charge on any atom is -0.349 e. The molecular weight excluding hydrogens is 312 g/mol. The number of nitrogens with zero attached hydrogens (tertiary/aromatic N) is 1. The lowest BCUT2D eigenvalue weighted by Gasteiger charge is -2.09. The molecule has 0 aromatic heterocycles. The fourth-order valence-electron chi connectivity index (χ4n) is 1.56. The number of nitrogens with one attached hydrogen (secondary N) is 1. The maximum Gasteiger partial charge on any atom is 0.236 e. The fraction of sp³-hybridized carbons (Fsp3) is 0.429. The van der Waals surface area contributed by atoms with Crippen LogP contribution in [0.5, 0.6) is 0 Å². The van der Waals surface area contributed by atoms with Crippen molar-refractivity contribution in [3.8, 4) is 0 Å². The van der Waals surface area contributed by atoms with Crippen molar-refractivity contribution in [2.75, 3.05) is 30.9 Å². The van der Waals surface area contributed by atoms with Crippen molar-refractivity contribution < 1.29 is 13.8 Å². The summed E-state index contributed by atoms with van der Waals surface area (Å²) in [5.41, 5.74) is 0.615. The number of hydrogen-bond acceptors (Lipinski definition) is 3. The summed E-state index contributed by atoms with van der Waals surface area (Å²) >= 11 is 5.75. The van der Waals surface area contributed by atoms with Gasteiger partial charge in [-0.2, -0.15) is 0 Å². The van der Waals surface area contributed by atoms with E-state index >= 15 is 0 Å². The molecule has 1 unspecified atom stereocenters. The summed E-state index contributed by atoms with van der Waals surface area (Å²) in [5.74, 6) is -0.0425. The fourth-order valence-corrected chi connectivity index (χ4v) is 2.66. The van der Waals surface area contributed by atoms with Gasteiger partial charge in [0, 0.05) is 47.8 Å². The molecule has 0 heterocycles. The minimum absolute atomic E-state index is 0.00221. The summed E-state index contributed by atoms with van der Waals surface area (Å²) in [6.45, 7) is 0. The average molecular weight is 331 g/mol. The molecule has 1 aromatic carbocycles. The molecule has 0 aliphatic heterocycles. The third kappa shape index (κ3) is 7.24. The predicted molar refractivity (Wildman–Crippen MR) is 85.9 cm³/mol. The molecule has 0 aliphatic rings. The molecule has 5 nitrogen and oxygen atoms in total. The van der Waals surface area contributed by atoms with Crippen LogP contribution >= 0.6 is 11.6 Å². The van der Waals surface area contributed by atoms with E-state index in [1.54, 1.807) is 38.4 Å². The van der Waals surface area contributed by atoms with Crippen LogP contribution in [0.1, 0.15) is 12.8 Å². The van der Waals surface area contributed by atoms with Crippen molar-refractivity contribution in [3.63, 3.8) is 0 Å².